The van der Waals surface area contributed by atoms with Crippen LogP contribution in [0.4, 0.5) is 5.82 Å². The Labute approximate surface area is 141 Å². The molecule has 1 amide bonds. The smallest absolute Gasteiger partial charge is 0.254 e. The number of fused-ring (bicyclic) bond motifs is 1. The number of nitrogens with zero attached hydrogens (tertiary/aromatic N) is 4. The lowest BCUT2D eigenvalue weighted by molar-refractivity contribution is 0.0750. The van der Waals surface area contributed by atoms with Crippen LogP contribution in [0, 0.1) is 0 Å². The van der Waals surface area contributed by atoms with E-state index in [1.165, 1.54) is 0 Å². The first kappa shape index (κ1) is 15.1. The summed E-state index contributed by atoms with van der Waals surface area (Å²) in [6.45, 7) is 5.45. The lowest BCUT2D eigenvalue weighted by Crippen LogP contribution is -2.44. The molecule has 1 unspecified atom stereocenters. The maximum atomic E-state index is 12.7. The maximum Gasteiger partial charge on any atom is 0.254 e. The molecule has 6 nitrogen and oxygen atoms in total. The highest BCUT2D eigenvalue weighted by molar-refractivity contribution is 5.94. The van der Waals surface area contributed by atoms with Gasteiger partial charge in [-0.15, -0.1) is 0 Å². The number of hydrogen-bond donors (Lipinski definition) is 0. The molecule has 2 aliphatic rings. The molecule has 2 aromatic rings. The zero-order valence-corrected chi connectivity index (χ0v) is 13.7. The van der Waals surface area contributed by atoms with E-state index in [1.54, 1.807) is 6.33 Å². The van der Waals surface area contributed by atoms with Gasteiger partial charge < -0.3 is 14.5 Å². The number of amides is 1. The fourth-order valence-electron chi connectivity index (χ4n) is 3.36. The van der Waals surface area contributed by atoms with Crippen LogP contribution in [0.2, 0.25) is 0 Å². The highest BCUT2D eigenvalue weighted by Crippen LogP contribution is 2.31. The van der Waals surface area contributed by atoms with Gasteiger partial charge in [-0.2, -0.15) is 0 Å². The van der Waals surface area contributed by atoms with Gasteiger partial charge in [-0.1, -0.05) is 18.2 Å². The first-order valence-electron chi connectivity index (χ1n) is 8.25. The summed E-state index contributed by atoms with van der Waals surface area (Å²) in [5.74, 6) is 0.980. The Morgan fingerprint density at radius 1 is 1.21 bits per heavy atom. The van der Waals surface area contributed by atoms with Crippen molar-refractivity contribution in [3.63, 3.8) is 0 Å². The van der Waals surface area contributed by atoms with Crippen molar-refractivity contribution in [1.82, 2.24) is 14.9 Å². The molecule has 24 heavy (non-hydrogen) atoms. The number of carbonyl (C=O) groups excluding carboxylic acids is 1. The van der Waals surface area contributed by atoms with Crippen molar-refractivity contribution in [3.05, 3.63) is 53.5 Å². The lowest BCUT2D eigenvalue weighted by atomic mass is 10.2. The van der Waals surface area contributed by atoms with Crippen molar-refractivity contribution in [3.8, 4) is 0 Å². The number of ether oxygens (including phenoxy) is 1. The Bertz CT molecular complexity index is 750. The molecule has 1 saturated heterocycles. The van der Waals surface area contributed by atoms with Gasteiger partial charge in [-0.05, 0) is 19.1 Å². The quantitative estimate of drug-likeness (QED) is 0.844. The van der Waals surface area contributed by atoms with E-state index in [0.717, 1.165) is 23.6 Å². The number of hydrogen-bond acceptors (Lipinski definition) is 5. The van der Waals surface area contributed by atoms with Crippen molar-refractivity contribution in [1.29, 1.82) is 0 Å². The summed E-state index contributed by atoms with van der Waals surface area (Å²) in [6, 6.07) is 9.66. The van der Waals surface area contributed by atoms with Gasteiger partial charge in [0.2, 0.25) is 0 Å². The van der Waals surface area contributed by atoms with Crippen LogP contribution >= 0.6 is 0 Å². The molecule has 4 rings (SSSR count). The normalized spacial score (nSPS) is 20.1. The first-order valence-corrected chi connectivity index (χ1v) is 8.25. The van der Waals surface area contributed by atoms with Crippen molar-refractivity contribution in [2.24, 2.45) is 0 Å². The van der Waals surface area contributed by atoms with Gasteiger partial charge in [0.05, 0.1) is 38.0 Å². The molecule has 0 spiro atoms. The van der Waals surface area contributed by atoms with Gasteiger partial charge in [0.25, 0.3) is 5.91 Å². The topological polar surface area (TPSA) is 58.6 Å². The summed E-state index contributed by atoms with van der Waals surface area (Å²) in [4.78, 5) is 25.7. The summed E-state index contributed by atoms with van der Waals surface area (Å²) in [6.07, 6.45) is 1.60. The van der Waals surface area contributed by atoms with E-state index in [1.807, 2.05) is 35.2 Å². The highest BCUT2D eigenvalue weighted by atomic mass is 16.5. The molecule has 0 N–H and O–H groups in total. The predicted molar refractivity (Wildman–Crippen MR) is 89.7 cm³/mol. The number of rotatable bonds is 2. The Balaban J connectivity index is 1.60. The molecular formula is C18H20N4O2. The monoisotopic (exact) mass is 324 g/mol. The molecule has 1 aromatic carbocycles. The first-order chi connectivity index (χ1) is 11.7. The number of morpholine rings is 1. The molecule has 1 aromatic heterocycles. The van der Waals surface area contributed by atoms with Gasteiger partial charge in [0.15, 0.2) is 0 Å². The number of aromatic nitrogens is 2. The summed E-state index contributed by atoms with van der Waals surface area (Å²) in [5, 5.41) is 0. The van der Waals surface area contributed by atoms with Crippen LogP contribution in [0.5, 0.6) is 0 Å². The lowest BCUT2D eigenvalue weighted by Gasteiger charge is -2.35. The van der Waals surface area contributed by atoms with E-state index in [-0.39, 0.29) is 11.9 Å². The number of anilines is 1. The van der Waals surface area contributed by atoms with E-state index >= 15 is 0 Å². The summed E-state index contributed by atoms with van der Waals surface area (Å²) >= 11 is 0. The molecular weight excluding hydrogens is 304 g/mol. The zero-order chi connectivity index (χ0) is 16.5. The van der Waals surface area contributed by atoms with Gasteiger partial charge in [0.1, 0.15) is 12.1 Å². The van der Waals surface area contributed by atoms with Crippen LogP contribution < -0.4 is 4.90 Å². The molecule has 2 aliphatic heterocycles. The third-order valence-electron chi connectivity index (χ3n) is 4.65. The predicted octanol–water partition coefficient (Wildman–Crippen LogP) is 1.86. The minimum atomic E-state index is 0.0366. The third-order valence-corrected chi connectivity index (χ3v) is 4.65. The average Bonchev–Trinajstić information content (AvgIpc) is 3.06. The van der Waals surface area contributed by atoms with Gasteiger partial charge >= 0.3 is 0 Å². The molecule has 0 saturated carbocycles. The highest BCUT2D eigenvalue weighted by Gasteiger charge is 2.31. The second-order valence-corrected chi connectivity index (χ2v) is 6.27. The maximum absolute atomic E-state index is 12.7. The largest absolute Gasteiger partial charge is 0.377 e. The van der Waals surface area contributed by atoms with E-state index in [2.05, 4.69) is 21.8 Å². The Kier molecular flexibility index (Phi) is 3.90. The summed E-state index contributed by atoms with van der Waals surface area (Å²) in [7, 11) is 0. The Hall–Kier alpha value is -2.47. The third kappa shape index (κ3) is 2.63. The second kappa shape index (κ2) is 6.20. The summed E-state index contributed by atoms with van der Waals surface area (Å²) in [5.41, 5.74) is 2.72. The van der Waals surface area contributed by atoms with Gasteiger partial charge in [-0.3, -0.25) is 4.79 Å². The second-order valence-electron chi connectivity index (χ2n) is 6.27. The van der Waals surface area contributed by atoms with Crippen molar-refractivity contribution in [2.75, 3.05) is 24.7 Å². The Morgan fingerprint density at radius 2 is 2.04 bits per heavy atom. The molecule has 0 radical (unpaired) electrons. The van der Waals surface area contributed by atoms with Gasteiger partial charge in [0, 0.05) is 17.7 Å². The van der Waals surface area contributed by atoms with E-state index in [4.69, 9.17) is 4.74 Å². The standard InChI is InChI=1S/C18H20N4O2/c1-13-11-24-8-7-22(13)17-15-9-21(10-16(15)19-12-20-17)18(23)14-5-3-2-4-6-14/h2-6,12-13H,7-11H2,1H3. The number of carbonyl (C=O) groups is 1. The van der Waals surface area contributed by atoms with Crippen molar-refractivity contribution >= 4 is 11.7 Å². The van der Waals surface area contributed by atoms with Crippen LogP contribution in [-0.2, 0) is 17.8 Å². The zero-order valence-electron chi connectivity index (χ0n) is 13.7. The van der Waals surface area contributed by atoms with Crippen LogP contribution in [-0.4, -0.2) is 46.6 Å². The minimum absolute atomic E-state index is 0.0366. The fraction of sp³-hybridized carbons (Fsp3) is 0.389. The summed E-state index contributed by atoms with van der Waals surface area (Å²) < 4.78 is 5.52. The molecule has 3 heterocycles. The van der Waals surface area contributed by atoms with Crippen LogP contribution in [0.3, 0.4) is 0 Å². The minimum Gasteiger partial charge on any atom is -0.377 e. The average molecular weight is 324 g/mol. The van der Waals surface area contributed by atoms with E-state index in [9.17, 15) is 4.79 Å². The van der Waals surface area contributed by atoms with Crippen molar-refractivity contribution in [2.45, 2.75) is 26.1 Å². The van der Waals surface area contributed by atoms with Crippen LogP contribution in [0.15, 0.2) is 36.7 Å². The Morgan fingerprint density at radius 3 is 2.83 bits per heavy atom. The van der Waals surface area contributed by atoms with E-state index < -0.39 is 0 Å². The van der Waals surface area contributed by atoms with Crippen LogP contribution in [0.25, 0.3) is 0 Å². The van der Waals surface area contributed by atoms with Crippen molar-refractivity contribution < 1.29 is 9.53 Å². The van der Waals surface area contributed by atoms with Crippen LogP contribution in [0.1, 0.15) is 28.5 Å². The molecule has 6 heteroatoms. The van der Waals surface area contributed by atoms with Gasteiger partial charge in [-0.25, -0.2) is 9.97 Å². The molecule has 124 valence electrons. The molecule has 0 aliphatic carbocycles. The molecule has 0 bridgehead atoms. The SMILES string of the molecule is CC1COCCN1c1ncnc2c1CN(C(=O)c1ccccc1)C2. The molecule has 1 fully saturated rings. The van der Waals surface area contributed by atoms with E-state index in [0.29, 0.717) is 31.9 Å². The molecule has 1 atom stereocenters. The number of benzene rings is 1. The fourth-order valence-corrected chi connectivity index (χ4v) is 3.36.